The van der Waals surface area contributed by atoms with Crippen LogP contribution in [0.2, 0.25) is 5.02 Å². The van der Waals surface area contributed by atoms with E-state index in [0.29, 0.717) is 10.7 Å². The van der Waals surface area contributed by atoms with E-state index in [0.717, 1.165) is 17.1 Å². The summed E-state index contributed by atoms with van der Waals surface area (Å²) in [6, 6.07) is 15.1. The van der Waals surface area contributed by atoms with Crippen molar-refractivity contribution in [3.63, 3.8) is 0 Å². The zero-order valence-electron chi connectivity index (χ0n) is 9.99. The van der Waals surface area contributed by atoms with Crippen molar-refractivity contribution in [2.24, 2.45) is 0 Å². The van der Waals surface area contributed by atoms with Gasteiger partial charge in [0.15, 0.2) is 0 Å². The van der Waals surface area contributed by atoms with E-state index in [1.165, 1.54) is 0 Å². The molecule has 0 unspecified atom stereocenters. The van der Waals surface area contributed by atoms with E-state index in [4.69, 9.17) is 11.6 Å². The molecule has 0 aliphatic heterocycles. The molecule has 0 amide bonds. The Labute approximate surface area is 116 Å². The summed E-state index contributed by atoms with van der Waals surface area (Å²) >= 11 is 6.14. The van der Waals surface area contributed by atoms with Crippen LogP contribution in [0.4, 0.5) is 0 Å². The Morgan fingerprint density at radius 3 is 2.26 bits per heavy atom. The fourth-order valence-electron chi connectivity index (χ4n) is 1.80. The summed E-state index contributed by atoms with van der Waals surface area (Å²) in [4.78, 5) is 13.1. The van der Waals surface area contributed by atoms with Gasteiger partial charge in [0.05, 0.1) is 22.1 Å². The maximum atomic E-state index is 6.14. The highest BCUT2D eigenvalue weighted by molar-refractivity contribution is 6.32. The van der Waals surface area contributed by atoms with Crippen LogP contribution in [0, 0.1) is 0 Å². The van der Waals surface area contributed by atoms with Gasteiger partial charge in [-0.15, -0.1) is 0 Å². The maximum Gasteiger partial charge on any atom is 0.107 e. The number of nitrogens with zero attached hydrogens (tertiary/aromatic N) is 3. The van der Waals surface area contributed by atoms with E-state index in [9.17, 15) is 0 Å². The predicted octanol–water partition coefficient (Wildman–Crippen LogP) is 3.86. The standard InChI is InChI=1S/C15H10ClN3/c16-11-5-4-10-18-15(11)14-8-3-7-13(19-14)12-6-1-2-9-17-12/h1-10H. The van der Waals surface area contributed by atoms with E-state index in [2.05, 4.69) is 15.0 Å². The molecule has 0 fully saturated rings. The van der Waals surface area contributed by atoms with Crippen LogP contribution in [0.3, 0.4) is 0 Å². The van der Waals surface area contributed by atoms with E-state index in [-0.39, 0.29) is 0 Å². The topological polar surface area (TPSA) is 38.7 Å². The second kappa shape index (κ2) is 5.16. The smallest absolute Gasteiger partial charge is 0.107 e. The van der Waals surface area contributed by atoms with E-state index >= 15 is 0 Å². The Kier molecular flexibility index (Phi) is 3.21. The van der Waals surface area contributed by atoms with Crippen molar-refractivity contribution < 1.29 is 0 Å². The Hall–Kier alpha value is -2.26. The summed E-state index contributed by atoms with van der Waals surface area (Å²) in [7, 11) is 0. The van der Waals surface area contributed by atoms with E-state index < -0.39 is 0 Å². The quantitative estimate of drug-likeness (QED) is 0.708. The molecule has 0 radical (unpaired) electrons. The summed E-state index contributed by atoms with van der Waals surface area (Å²) in [6.07, 6.45) is 3.45. The van der Waals surface area contributed by atoms with Crippen molar-refractivity contribution in [2.45, 2.75) is 0 Å². The molecule has 0 N–H and O–H groups in total. The zero-order chi connectivity index (χ0) is 13.1. The first kappa shape index (κ1) is 11.8. The lowest BCUT2D eigenvalue weighted by molar-refractivity contribution is 1.22. The first-order valence-corrected chi connectivity index (χ1v) is 6.22. The predicted molar refractivity (Wildman–Crippen MR) is 75.7 cm³/mol. The minimum absolute atomic E-state index is 0.591. The molecular weight excluding hydrogens is 258 g/mol. The van der Waals surface area contributed by atoms with Crippen molar-refractivity contribution in [2.75, 3.05) is 0 Å². The summed E-state index contributed by atoms with van der Waals surface area (Å²) in [5.41, 5.74) is 3.06. The number of rotatable bonds is 2. The van der Waals surface area contributed by atoms with Crippen LogP contribution < -0.4 is 0 Å². The van der Waals surface area contributed by atoms with Crippen molar-refractivity contribution in [3.05, 3.63) is 65.9 Å². The third-order valence-electron chi connectivity index (χ3n) is 2.68. The number of pyridine rings is 3. The molecule has 4 heteroatoms. The highest BCUT2D eigenvalue weighted by Crippen LogP contribution is 2.25. The Morgan fingerprint density at radius 2 is 1.47 bits per heavy atom. The van der Waals surface area contributed by atoms with Crippen LogP contribution in [-0.4, -0.2) is 15.0 Å². The molecular formula is C15H10ClN3. The largest absolute Gasteiger partial charge is 0.255 e. The fraction of sp³-hybridized carbons (Fsp3) is 0. The molecule has 0 aliphatic rings. The molecule has 3 heterocycles. The lowest BCUT2D eigenvalue weighted by atomic mass is 10.2. The Balaban J connectivity index is 2.09. The van der Waals surface area contributed by atoms with Gasteiger partial charge in [0.1, 0.15) is 5.69 Å². The summed E-state index contributed by atoms with van der Waals surface area (Å²) in [5.74, 6) is 0. The number of aromatic nitrogens is 3. The molecule has 19 heavy (non-hydrogen) atoms. The maximum absolute atomic E-state index is 6.14. The van der Waals surface area contributed by atoms with Gasteiger partial charge in [-0.25, -0.2) is 4.98 Å². The van der Waals surface area contributed by atoms with Gasteiger partial charge in [-0.2, -0.15) is 0 Å². The number of hydrogen-bond donors (Lipinski definition) is 0. The Bertz CT molecular complexity index is 699. The van der Waals surface area contributed by atoms with Crippen LogP contribution in [0.15, 0.2) is 60.9 Å². The van der Waals surface area contributed by atoms with Crippen LogP contribution in [0.25, 0.3) is 22.8 Å². The molecule has 3 aromatic heterocycles. The highest BCUT2D eigenvalue weighted by Gasteiger charge is 2.07. The summed E-state index contributed by atoms with van der Waals surface area (Å²) in [5, 5.41) is 0.591. The number of hydrogen-bond acceptors (Lipinski definition) is 3. The van der Waals surface area contributed by atoms with E-state index in [1.807, 2.05) is 36.4 Å². The molecule has 0 atom stereocenters. The van der Waals surface area contributed by atoms with Gasteiger partial charge in [-0.1, -0.05) is 23.7 Å². The molecule has 3 rings (SSSR count). The third-order valence-corrected chi connectivity index (χ3v) is 2.98. The van der Waals surface area contributed by atoms with Crippen LogP contribution in [0.5, 0.6) is 0 Å². The second-order valence-electron chi connectivity index (χ2n) is 3.96. The van der Waals surface area contributed by atoms with Gasteiger partial charge in [-0.3, -0.25) is 9.97 Å². The first-order chi connectivity index (χ1) is 9.34. The lowest BCUT2D eigenvalue weighted by Crippen LogP contribution is -1.91. The molecule has 0 saturated carbocycles. The minimum Gasteiger partial charge on any atom is -0.255 e. The average Bonchev–Trinajstić information content (AvgIpc) is 2.49. The molecule has 3 aromatic rings. The number of halogens is 1. The van der Waals surface area contributed by atoms with Gasteiger partial charge in [0, 0.05) is 12.4 Å². The van der Waals surface area contributed by atoms with Gasteiger partial charge in [0.2, 0.25) is 0 Å². The van der Waals surface area contributed by atoms with Crippen molar-refractivity contribution in [1.29, 1.82) is 0 Å². The lowest BCUT2D eigenvalue weighted by Gasteiger charge is -2.05. The van der Waals surface area contributed by atoms with Crippen LogP contribution >= 0.6 is 11.6 Å². The monoisotopic (exact) mass is 267 g/mol. The normalized spacial score (nSPS) is 10.4. The van der Waals surface area contributed by atoms with Crippen molar-refractivity contribution in [3.8, 4) is 22.8 Å². The SMILES string of the molecule is Clc1cccnc1-c1cccc(-c2ccccn2)n1. The molecule has 0 bridgehead atoms. The van der Waals surface area contributed by atoms with Crippen molar-refractivity contribution in [1.82, 2.24) is 15.0 Å². The summed E-state index contributed by atoms with van der Waals surface area (Å²) < 4.78 is 0. The highest BCUT2D eigenvalue weighted by atomic mass is 35.5. The third kappa shape index (κ3) is 2.46. The molecule has 0 aromatic carbocycles. The van der Waals surface area contributed by atoms with Crippen molar-refractivity contribution >= 4 is 11.6 Å². The molecule has 92 valence electrons. The van der Waals surface area contributed by atoms with Gasteiger partial charge < -0.3 is 0 Å². The summed E-state index contributed by atoms with van der Waals surface area (Å²) in [6.45, 7) is 0. The molecule has 3 nitrogen and oxygen atoms in total. The molecule has 0 saturated heterocycles. The minimum atomic E-state index is 0.591. The second-order valence-corrected chi connectivity index (χ2v) is 4.36. The molecule has 0 spiro atoms. The fourth-order valence-corrected chi connectivity index (χ4v) is 2.02. The van der Waals surface area contributed by atoms with Crippen LogP contribution in [-0.2, 0) is 0 Å². The zero-order valence-corrected chi connectivity index (χ0v) is 10.7. The Morgan fingerprint density at radius 1 is 0.684 bits per heavy atom. The van der Waals surface area contributed by atoms with Gasteiger partial charge >= 0.3 is 0 Å². The molecule has 0 aliphatic carbocycles. The first-order valence-electron chi connectivity index (χ1n) is 5.84. The van der Waals surface area contributed by atoms with Crippen LogP contribution in [0.1, 0.15) is 0 Å². The van der Waals surface area contributed by atoms with E-state index in [1.54, 1.807) is 24.5 Å². The van der Waals surface area contributed by atoms with Gasteiger partial charge in [-0.05, 0) is 36.4 Å². The average molecular weight is 268 g/mol. The van der Waals surface area contributed by atoms with Gasteiger partial charge in [0.25, 0.3) is 0 Å².